The normalized spacial score (nSPS) is 19.4. The third-order valence-corrected chi connectivity index (χ3v) is 3.07. The van der Waals surface area contributed by atoms with Crippen LogP contribution in [0.4, 0.5) is 0 Å². The van der Waals surface area contributed by atoms with Crippen LogP contribution in [0, 0.1) is 13.8 Å². The third-order valence-electron chi connectivity index (χ3n) is 2.72. The van der Waals surface area contributed by atoms with E-state index in [-0.39, 0.29) is 0 Å². The summed E-state index contributed by atoms with van der Waals surface area (Å²) in [5.74, 6) is -0.393. The van der Waals surface area contributed by atoms with Crippen molar-refractivity contribution in [3.05, 3.63) is 34.9 Å². The predicted octanol–water partition coefficient (Wildman–Crippen LogP) is 2.74. The second-order valence-electron chi connectivity index (χ2n) is 3.90. The van der Waals surface area contributed by atoms with Crippen LogP contribution in [-0.4, -0.2) is 19.1 Å². The molecule has 1 aliphatic heterocycles. The van der Waals surface area contributed by atoms with Crippen LogP contribution in [0.5, 0.6) is 0 Å². The smallest absolute Gasteiger partial charge is 0.209 e. The van der Waals surface area contributed by atoms with Crippen LogP contribution in [0.2, 0.25) is 0 Å². The fourth-order valence-electron chi connectivity index (χ4n) is 2.00. The fourth-order valence-corrected chi connectivity index (χ4v) is 2.30. The van der Waals surface area contributed by atoms with E-state index in [0.717, 1.165) is 11.1 Å². The minimum absolute atomic E-state index is 0.330. The quantitative estimate of drug-likeness (QED) is 0.722. The van der Waals surface area contributed by atoms with Crippen LogP contribution in [0.15, 0.2) is 18.2 Å². The minimum atomic E-state index is -0.723. The third kappa shape index (κ3) is 1.89. The van der Waals surface area contributed by atoms with Crippen LogP contribution in [-0.2, 0) is 15.3 Å². The first-order valence-electron chi connectivity index (χ1n) is 5.09. The van der Waals surface area contributed by atoms with Gasteiger partial charge in [-0.15, -0.1) is 11.6 Å². The number of ether oxygens (including phenoxy) is 2. The van der Waals surface area contributed by atoms with Crippen molar-refractivity contribution in [2.45, 2.75) is 19.6 Å². The van der Waals surface area contributed by atoms with E-state index in [1.807, 2.05) is 6.07 Å². The lowest BCUT2D eigenvalue weighted by molar-refractivity contribution is -0.146. The monoisotopic (exact) mass is 226 g/mol. The summed E-state index contributed by atoms with van der Waals surface area (Å²) in [6, 6.07) is 6.22. The summed E-state index contributed by atoms with van der Waals surface area (Å²) >= 11 is 5.96. The molecule has 0 atom stereocenters. The summed E-state index contributed by atoms with van der Waals surface area (Å²) in [5, 5.41) is 0. The van der Waals surface area contributed by atoms with Gasteiger partial charge in [0, 0.05) is 5.56 Å². The van der Waals surface area contributed by atoms with E-state index in [0.29, 0.717) is 19.1 Å². The van der Waals surface area contributed by atoms with Gasteiger partial charge < -0.3 is 9.47 Å². The number of hydrogen-bond donors (Lipinski definition) is 0. The van der Waals surface area contributed by atoms with E-state index in [2.05, 4.69) is 26.0 Å². The number of aryl methyl sites for hydroxylation is 2. The van der Waals surface area contributed by atoms with Gasteiger partial charge in [0.1, 0.15) is 0 Å². The Hall–Kier alpha value is -0.570. The van der Waals surface area contributed by atoms with Crippen LogP contribution < -0.4 is 0 Å². The van der Waals surface area contributed by atoms with Gasteiger partial charge in [-0.05, 0) is 19.4 Å². The van der Waals surface area contributed by atoms with Crippen molar-refractivity contribution in [3.8, 4) is 0 Å². The SMILES string of the molecule is Cc1ccc(C2(CCl)OCCO2)c(C)c1. The number of hydrogen-bond acceptors (Lipinski definition) is 2. The first-order valence-corrected chi connectivity index (χ1v) is 5.63. The molecule has 0 bridgehead atoms. The Kier molecular flexibility index (Phi) is 3.01. The summed E-state index contributed by atoms with van der Waals surface area (Å²) in [7, 11) is 0. The molecule has 0 spiro atoms. The second kappa shape index (κ2) is 4.12. The molecule has 0 aliphatic carbocycles. The molecule has 82 valence electrons. The Bertz CT molecular complexity index is 357. The van der Waals surface area contributed by atoms with Crippen molar-refractivity contribution in [3.63, 3.8) is 0 Å². The summed E-state index contributed by atoms with van der Waals surface area (Å²) in [6.07, 6.45) is 0. The van der Waals surface area contributed by atoms with Gasteiger partial charge in [-0.25, -0.2) is 0 Å². The first-order chi connectivity index (χ1) is 7.18. The van der Waals surface area contributed by atoms with Crippen LogP contribution in [0.3, 0.4) is 0 Å². The highest BCUT2D eigenvalue weighted by Gasteiger charge is 2.38. The lowest BCUT2D eigenvalue weighted by Crippen LogP contribution is -2.30. The van der Waals surface area contributed by atoms with E-state index >= 15 is 0 Å². The Morgan fingerprint density at radius 3 is 2.47 bits per heavy atom. The number of benzene rings is 1. The molecule has 0 saturated carbocycles. The summed E-state index contributed by atoms with van der Waals surface area (Å²) < 4.78 is 11.3. The zero-order valence-electron chi connectivity index (χ0n) is 9.05. The van der Waals surface area contributed by atoms with Gasteiger partial charge in [0.05, 0.1) is 19.1 Å². The van der Waals surface area contributed by atoms with E-state index < -0.39 is 5.79 Å². The average molecular weight is 227 g/mol. The van der Waals surface area contributed by atoms with Gasteiger partial charge in [0.15, 0.2) is 0 Å². The van der Waals surface area contributed by atoms with Crippen molar-refractivity contribution < 1.29 is 9.47 Å². The molecule has 1 aromatic rings. The van der Waals surface area contributed by atoms with Gasteiger partial charge in [-0.2, -0.15) is 0 Å². The maximum Gasteiger partial charge on any atom is 0.209 e. The van der Waals surface area contributed by atoms with Crippen LogP contribution in [0.25, 0.3) is 0 Å². The summed E-state index contributed by atoms with van der Waals surface area (Å²) in [6.45, 7) is 5.35. The molecule has 0 N–H and O–H groups in total. The Labute approximate surface area is 95.1 Å². The molecule has 1 fully saturated rings. The molecule has 0 radical (unpaired) electrons. The van der Waals surface area contributed by atoms with Crippen molar-refractivity contribution in [2.24, 2.45) is 0 Å². The highest BCUT2D eigenvalue weighted by Crippen LogP contribution is 2.34. The maximum absolute atomic E-state index is 5.96. The highest BCUT2D eigenvalue weighted by atomic mass is 35.5. The summed E-state index contributed by atoms with van der Waals surface area (Å²) in [4.78, 5) is 0. The molecular weight excluding hydrogens is 212 g/mol. The van der Waals surface area contributed by atoms with E-state index in [4.69, 9.17) is 21.1 Å². The lowest BCUT2D eigenvalue weighted by atomic mass is 9.99. The molecule has 0 aromatic heterocycles. The second-order valence-corrected chi connectivity index (χ2v) is 4.17. The zero-order valence-corrected chi connectivity index (χ0v) is 9.80. The van der Waals surface area contributed by atoms with Gasteiger partial charge in [-0.1, -0.05) is 23.8 Å². The standard InChI is InChI=1S/C12H15ClO2/c1-9-3-4-11(10(2)7-9)12(8-13)14-5-6-15-12/h3-4,7H,5-6,8H2,1-2H3. The van der Waals surface area contributed by atoms with E-state index in [1.165, 1.54) is 5.56 Å². The van der Waals surface area contributed by atoms with Crippen LogP contribution >= 0.6 is 11.6 Å². The Morgan fingerprint density at radius 2 is 1.93 bits per heavy atom. The molecule has 2 rings (SSSR count). The van der Waals surface area contributed by atoms with Crippen molar-refractivity contribution in [2.75, 3.05) is 19.1 Å². The highest BCUT2D eigenvalue weighted by molar-refractivity contribution is 6.18. The van der Waals surface area contributed by atoms with E-state index in [1.54, 1.807) is 0 Å². The molecule has 1 aliphatic rings. The van der Waals surface area contributed by atoms with Gasteiger partial charge >= 0.3 is 0 Å². The van der Waals surface area contributed by atoms with Crippen molar-refractivity contribution in [1.29, 1.82) is 0 Å². The Morgan fingerprint density at radius 1 is 1.27 bits per heavy atom. The van der Waals surface area contributed by atoms with Crippen molar-refractivity contribution in [1.82, 2.24) is 0 Å². The predicted molar refractivity (Wildman–Crippen MR) is 60.2 cm³/mol. The number of halogens is 1. The van der Waals surface area contributed by atoms with Gasteiger partial charge in [0.2, 0.25) is 5.79 Å². The molecular formula is C12H15ClO2. The van der Waals surface area contributed by atoms with Crippen molar-refractivity contribution >= 4 is 11.6 Å². The van der Waals surface area contributed by atoms with Gasteiger partial charge in [-0.3, -0.25) is 0 Å². The summed E-state index contributed by atoms with van der Waals surface area (Å²) in [5.41, 5.74) is 3.44. The number of alkyl halides is 1. The first kappa shape index (κ1) is 10.9. The largest absolute Gasteiger partial charge is 0.342 e. The minimum Gasteiger partial charge on any atom is -0.342 e. The van der Waals surface area contributed by atoms with E-state index in [9.17, 15) is 0 Å². The maximum atomic E-state index is 5.96. The van der Waals surface area contributed by atoms with Gasteiger partial charge in [0.25, 0.3) is 0 Å². The average Bonchev–Trinajstić information content (AvgIpc) is 2.67. The molecule has 3 heteroatoms. The molecule has 15 heavy (non-hydrogen) atoms. The van der Waals surface area contributed by atoms with Crippen LogP contribution in [0.1, 0.15) is 16.7 Å². The molecule has 1 heterocycles. The molecule has 1 saturated heterocycles. The molecule has 1 aromatic carbocycles. The fraction of sp³-hybridized carbons (Fsp3) is 0.500. The Balaban J connectivity index is 2.42. The lowest BCUT2D eigenvalue weighted by Gasteiger charge is -2.27. The topological polar surface area (TPSA) is 18.5 Å². The molecule has 0 amide bonds. The number of rotatable bonds is 2. The zero-order chi connectivity index (χ0) is 10.9. The molecule has 0 unspecified atom stereocenters. The molecule has 2 nitrogen and oxygen atoms in total.